The van der Waals surface area contributed by atoms with Crippen molar-refractivity contribution < 1.29 is 0 Å². The third-order valence-corrected chi connectivity index (χ3v) is 2.57. The molecular formula is C10H14. The topological polar surface area (TPSA) is 0 Å². The van der Waals surface area contributed by atoms with E-state index in [0.29, 0.717) is 0 Å². The SMILES string of the molecule is C1=CCC2C=CC(CC1)C2. The molecule has 2 atom stereocenters. The first-order chi connectivity index (χ1) is 4.95. The number of hydrogen-bond acceptors (Lipinski definition) is 0. The van der Waals surface area contributed by atoms with E-state index in [0.717, 1.165) is 11.8 Å². The maximum absolute atomic E-state index is 2.41. The van der Waals surface area contributed by atoms with Crippen LogP contribution in [0.2, 0.25) is 0 Å². The minimum absolute atomic E-state index is 0.876. The molecule has 0 aromatic rings. The highest BCUT2D eigenvalue weighted by Crippen LogP contribution is 2.31. The predicted molar refractivity (Wildman–Crippen MR) is 43.7 cm³/mol. The highest BCUT2D eigenvalue weighted by atomic mass is 14.2. The second-order valence-corrected chi connectivity index (χ2v) is 3.43. The fourth-order valence-corrected chi connectivity index (χ4v) is 1.95. The minimum Gasteiger partial charge on any atom is -0.0885 e. The van der Waals surface area contributed by atoms with E-state index in [-0.39, 0.29) is 0 Å². The predicted octanol–water partition coefficient (Wildman–Crippen LogP) is 2.92. The molecule has 54 valence electrons. The second kappa shape index (κ2) is 2.61. The highest BCUT2D eigenvalue weighted by Gasteiger charge is 2.17. The third kappa shape index (κ3) is 1.16. The van der Waals surface area contributed by atoms with Gasteiger partial charge in [0.15, 0.2) is 0 Å². The Morgan fingerprint density at radius 1 is 1.00 bits per heavy atom. The Morgan fingerprint density at radius 2 is 1.90 bits per heavy atom. The molecule has 2 aliphatic carbocycles. The standard InChI is InChI=1S/C10H14/c1-2-4-9-6-7-10(8-9)5-3-1/h1-2,6-7,9-10H,3-5,8H2. The summed E-state index contributed by atoms with van der Waals surface area (Å²) < 4.78 is 0. The Labute approximate surface area is 62.6 Å². The molecule has 0 saturated carbocycles. The van der Waals surface area contributed by atoms with Gasteiger partial charge in [0.05, 0.1) is 0 Å². The van der Waals surface area contributed by atoms with Gasteiger partial charge in [0, 0.05) is 0 Å². The third-order valence-electron chi connectivity index (χ3n) is 2.57. The molecule has 2 aliphatic rings. The number of hydrogen-bond donors (Lipinski definition) is 0. The van der Waals surface area contributed by atoms with Crippen molar-refractivity contribution >= 4 is 0 Å². The molecule has 0 saturated heterocycles. The van der Waals surface area contributed by atoms with Crippen LogP contribution >= 0.6 is 0 Å². The van der Waals surface area contributed by atoms with E-state index in [4.69, 9.17) is 0 Å². The molecule has 0 spiro atoms. The molecule has 0 radical (unpaired) electrons. The summed E-state index contributed by atoms with van der Waals surface area (Å²) in [4.78, 5) is 0. The van der Waals surface area contributed by atoms with Crippen LogP contribution in [0.25, 0.3) is 0 Å². The van der Waals surface area contributed by atoms with Crippen LogP contribution < -0.4 is 0 Å². The summed E-state index contributed by atoms with van der Waals surface area (Å²) in [5.74, 6) is 1.79. The first-order valence-corrected chi connectivity index (χ1v) is 4.28. The summed E-state index contributed by atoms with van der Waals surface area (Å²) in [6.07, 6.45) is 14.9. The van der Waals surface area contributed by atoms with Gasteiger partial charge in [-0.25, -0.2) is 0 Å². The Morgan fingerprint density at radius 3 is 2.90 bits per heavy atom. The normalized spacial score (nSPS) is 37.6. The summed E-state index contributed by atoms with van der Waals surface area (Å²) in [5.41, 5.74) is 0. The van der Waals surface area contributed by atoms with Crippen LogP contribution in [-0.4, -0.2) is 0 Å². The molecule has 0 fully saturated rings. The van der Waals surface area contributed by atoms with Crippen molar-refractivity contribution in [2.75, 3.05) is 0 Å². The molecule has 0 nitrogen and oxygen atoms in total. The van der Waals surface area contributed by atoms with Crippen molar-refractivity contribution in [2.45, 2.75) is 25.7 Å². The monoisotopic (exact) mass is 134 g/mol. The average molecular weight is 134 g/mol. The zero-order valence-electron chi connectivity index (χ0n) is 6.29. The Balaban J connectivity index is 2.08. The van der Waals surface area contributed by atoms with Gasteiger partial charge in [-0.15, -0.1) is 0 Å². The molecule has 2 unspecified atom stereocenters. The molecule has 0 amide bonds. The summed E-state index contributed by atoms with van der Waals surface area (Å²) in [6, 6.07) is 0. The fourth-order valence-electron chi connectivity index (χ4n) is 1.95. The Bertz CT molecular complexity index is 165. The van der Waals surface area contributed by atoms with Crippen molar-refractivity contribution in [2.24, 2.45) is 11.8 Å². The van der Waals surface area contributed by atoms with E-state index in [1.807, 2.05) is 0 Å². The minimum atomic E-state index is 0.876. The lowest BCUT2D eigenvalue weighted by molar-refractivity contribution is 0.491. The van der Waals surface area contributed by atoms with E-state index < -0.39 is 0 Å². The van der Waals surface area contributed by atoms with Crippen LogP contribution in [0.1, 0.15) is 25.7 Å². The van der Waals surface area contributed by atoms with E-state index in [9.17, 15) is 0 Å². The second-order valence-electron chi connectivity index (χ2n) is 3.43. The van der Waals surface area contributed by atoms with Crippen LogP contribution in [0.3, 0.4) is 0 Å². The maximum Gasteiger partial charge on any atom is -0.0193 e. The molecule has 0 aliphatic heterocycles. The van der Waals surface area contributed by atoms with E-state index in [2.05, 4.69) is 24.3 Å². The average Bonchev–Trinajstić information content (AvgIpc) is 2.30. The zero-order chi connectivity index (χ0) is 6.81. The maximum atomic E-state index is 2.41. The molecule has 2 bridgehead atoms. The van der Waals surface area contributed by atoms with Gasteiger partial charge >= 0.3 is 0 Å². The highest BCUT2D eigenvalue weighted by molar-refractivity contribution is 5.06. The van der Waals surface area contributed by atoms with Gasteiger partial charge in [0.2, 0.25) is 0 Å². The number of allylic oxidation sites excluding steroid dienone is 4. The Hall–Kier alpha value is -0.520. The molecule has 0 aromatic carbocycles. The van der Waals surface area contributed by atoms with Gasteiger partial charge in [0.1, 0.15) is 0 Å². The summed E-state index contributed by atoms with van der Waals surface area (Å²) in [7, 11) is 0. The van der Waals surface area contributed by atoms with Gasteiger partial charge in [-0.05, 0) is 37.5 Å². The lowest BCUT2D eigenvalue weighted by Crippen LogP contribution is -1.98. The summed E-state index contributed by atoms with van der Waals surface area (Å²) in [6.45, 7) is 0. The van der Waals surface area contributed by atoms with E-state index in [1.54, 1.807) is 0 Å². The molecule has 2 rings (SSSR count). The number of rotatable bonds is 0. The number of fused-ring (bicyclic) bond motifs is 2. The molecule has 0 heteroatoms. The molecule has 10 heavy (non-hydrogen) atoms. The van der Waals surface area contributed by atoms with E-state index >= 15 is 0 Å². The van der Waals surface area contributed by atoms with Gasteiger partial charge in [-0.2, -0.15) is 0 Å². The quantitative estimate of drug-likeness (QED) is 0.447. The summed E-state index contributed by atoms with van der Waals surface area (Å²) >= 11 is 0. The van der Waals surface area contributed by atoms with E-state index in [1.165, 1.54) is 25.7 Å². The molecule has 0 aromatic heterocycles. The van der Waals surface area contributed by atoms with Gasteiger partial charge in [-0.1, -0.05) is 24.3 Å². The van der Waals surface area contributed by atoms with Crippen LogP contribution in [0.5, 0.6) is 0 Å². The van der Waals surface area contributed by atoms with Crippen LogP contribution in [0.4, 0.5) is 0 Å². The lowest BCUT2D eigenvalue weighted by Gasteiger charge is -2.11. The van der Waals surface area contributed by atoms with Gasteiger partial charge < -0.3 is 0 Å². The van der Waals surface area contributed by atoms with Crippen LogP contribution in [-0.2, 0) is 0 Å². The Kier molecular flexibility index (Phi) is 1.62. The first kappa shape index (κ1) is 6.21. The molecule has 0 heterocycles. The van der Waals surface area contributed by atoms with Crippen molar-refractivity contribution in [1.82, 2.24) is 0 Å². The lowest BCUT2D eigenvalue weighted by atomic mass is 9.94. The molecular weight excluding hydrogens is 120 g/mol. The van der Waals surface area contributed by atoms with Crippen molar-refractivity contribution in [3.63, 3.8) is 0 Å². The van der Waals surface area contributed by atoms with Gasteiger partial charge in [0.25, 0.3) is 0 Å². The van der Waals surface area contributed by atoms with Crippen molar-refractivity contribution in [3.8, 4) is 0 Å². The van der Waals surface area contributed by atoms with Crippen molar-refractivity contribution in [3.05, 3.63) is 24.3 Å². The molecule has 0 N–H and O–H groups in total. The van der Waals surface area contributed by atoms with Crippen LogP contribution in [0, 0.1) is 11.8 Å². The smallest absolute Gasteiger partial charge is 0.0193 e. The fraction of sp³-hybridized carbons (Fsp3) is 0.600. The zero-order valence-corrected chi connectivity index (χ0v) is 6.29. The van der Waals surface area contributed by atoms with Crippen molar-refractivity contribution in [1.29, 1.82) is 0 Å². The summed E-state index contributed by atoms with van der Waals surface area (Å²) in [5, 5.41) is 0. The largest absolute Gasteiger partial charge is 0.0885 e. The van der Waals surface area contributed by atoms with Gasteiger partial charge in [-0.3, -0.25) is 0 Å². The van der Waals surface area contributed by atoms with Crippen LogP contribution in [0.15, 0.2) is 24.3 Å². The first-order valence-electron chi connectivity index (χ1n) is 4.28.